The second-order valence-corrected chi connectivity index (χ2v) is 12.8. The molecule has 4 rings (SSSR count). The number of nitrogens with zero attached hydrogens (tertiary/aromatic N) is 2. The van der Waals surface area contributed by atoms with Gasteiger partial charge >= 0.3 is 12.3 Å². The van der Waals surface area contributed by atoms with Gasteiger partial charge in [-0.2, -0.15) is 13.2 Å². The maximum Gasteiger partial charge on any atom is 0.417 e. The molecule has 0 unspecified atom stereocenters. The second-order valence-electron chi connectivity index (χ2n) is 12.8. The largest absolute Gasteiger partial charge is 0.444 e. The number of fused-ring (bicyclic) bond motifs is 1. The predicted octanol–water partition coefficient (Wildman–Crippen LogP) is 4.60. The van der Waals surface area contributed by atoms with Gasteiger partial charge in [0.25, 0.3) is 0 Å². The topological polar surface area (TPSA) is 102 Å². The fourth-order valence-electron chi connectivity index (χ4n) is 6.35. The molecule has 1 saturated carbocycles. The molecule has 0 spiro atoms. The van der Waals surface area contributed by atoms with Crippen LogP contribution in [0.3, 0.4) is 0 Å². The fourth-order valence-corrected chi connectivity index (χ4v) is 6.35. The highest BCUT2D eigenvalue weighted by molar-refractivity contribution is 5.84. The van der Waals surface area contributed by atoms with Gasteiger partial charge in [-0.1, -0.05) is 13.8 Å². The Balaban J connectivity index is 1.58. The highest BCUT2D eigenvalue weighted by atomic mass is 19.4. The van der Waals surface area contributed by atoms with Crippen molar-refractivity contribution >= 4 is 12.0 Å². The summed E-state index contributed by atoms with van der Waals surface area (Å²) in [5.41, 5.74) is -1.80. The summed E-state index contributed by atoms with van der Waals surface area (Å²) >= 11 is 0. The molecule has 5 atom stereocenters. The van der Waals surface area contributed by atoms with Crippen LogP contribution >= 0.6 is 0 Å². The minimum absolute atomic E-state index is 0.00647. The summed E-state index contributed by atoms with van der Waals surface area (Å²) in [5, 5.41) is 6.44. The number of carbonyl (C=O) groups excluding carboxylic acids is 2. The van der Waals surface area contributed by atoms with E-state index >= 15 is 0 Å². The molecule has 1 aromatic rings. The van der Waals surface area contributed by atoms with Crippen LogP contribution in [-0.4, -0.2) is 72.5 Å². The molecular formula is C29H43F3N4O5. The zero-order chi connectivity index (χ0) is 30.2. The van der Waals surface area contributed by atoms with Gasteiger partial charge in [0.2, 0.25) is 5.91 Å². The fraction of sp³-hybridized carbons (Fsp3) is 0.759. The maximum atomic E-state index is 14.3. The molecule has 1 saturated heterocycles. The Morgan fingerprint density at radius 2 is 1.95 bits per heavy atom. The summed E-state index contributed by atoms with van der Waals surface area (Å²) in [6.07, 6.45) is -1.75. The van der Waals surface area contributed by atoms with Gasteiger partial charge in [-0.15, -0.1) is 0 Å². The quantitative estimate of drug-likeness (QED) is 0.504. The van der Waals surface area contributed by atoms with E-state index in [1.807, 2.05) is 13.8 Å². The number of hydrogen-bond donors (Lipinski definition) is 2. The van der Waals surface area contributed by atoms with Crippen LogP contribution in [-0.2, 0) is 31.7 Å². The molecule has 0 bridgehead atoms. The molecule has 0 aromatic carbocycles. The van der Waals surface area contributed by atoms with Crippen LogP contribution < -0.4 is 10.6 Å². The van der Waals surface area contributed by atoms with Gasteiger partial charge in [0.05, 0.1) is 35.4 Å². The van der Waals surface area contributed by atoms with Crippen LogP contribution in [0.4, 0.5) is 18.0 Å². The van der Waals surface area contributed by atoms with E-state index in [0.717, 1.165) is 25.1 Å². The molecule has 1 aromatic heterocycles. The molecule has 2 N–H and O–H groups in total. The van der Waals surface area contributed by atoms with E-state index in [0.29, 0.717) is 31.7 Å². The number of ether oxygens (including phenoxy) is 3. The lowest BCUT2D eigenvalue weighted by Crippen LogP contribution is -2.53. The third-order valence-corrected chi connectivity index (χ3v) is 8.54. The van der Waals surface area contributed by atoms with Crippen molar-refractivity contribution in [2.45, 2.75) is 103 Å². The van der Waals surface area contributed by atoms with Crippen LogP contribution in [0.1, 0.15) is 83.2 Å². The van der Waals surface area contributed by atoms with Crippen LogP contribution in [0.2, 0.25) is 0 Å². The van der Waals surface area contributed by atoms with Crippen molar-refractivity contribution < 1.29 is 37.0 Å². The molecule has 230 valence electrons. The summed E-state index contributed by atoms with van der Waals surface area (Å²) in [6, 6.07) is 0.424. The van der Waals surface area contributed by atoms with Gasteiger partial charge in [0.15, 0.2) is 0 Å². The number of aromatic nitrogens is 1. The molecular weight excluding hydrogens is 541 g/mol. The highest BCUT2D eigenvalue weighted by Gasteiger charge is 2.51. The Bertz CT molecular complexity index is 1110. The summed E-state index contributed by atoms with van der Waals surface area (Å²) < 4.78 is 57.3. The van der Waals surface area contributed by atoms with Gasteiger partial charge in [0.1, 0.15) is 5.60 Å². The summed E-state index contributed by atoms with van der Waals surface area (Å²) in [7, 11) is 1.67. The maximum absolute atomic E-state index is 14.3. The number of rotatable bonds is 6. The van der Waals surface area contributed by atoms with Crippen molar-refractivity contribution in [2.75, 3.05) is 26.9 Å². The molecule has 12 heteroatoms. The summed E-state index contributed by atoms with van der Waals surface area (Å²) in [5.74, 6) is -0.126. The number of amides is 2. The Kier molecular flexibility index (Phi) is 9.25. The van der Waals surface area contributed by atoms with Crippen molar-refractivity contribution in [3.8, 4) is 0 Å². The van der Waals surface area contributed by atoms with Crippen LogP contribution in [0.15, 0.2) is 12.3 Å². The minimum Gasteiger partial charge on any atom is -0.444 e. The smallest absolute Gasteiger partial charge is 0.417 e. The molecule has 0 radical (unpaired) electrons. The van der Waals surface area contributed by atoms with E-state index in [2.05, 4.69) is 15.6 Å². The van der Waals surface area contributed by atoms with Gasteiger partial charge in [-0.25, -0.2) is 4.79 Å². The number of alkyl halides is 3. The zero-order valence-corrected chi connectivity index (χ0v) is 24.8. The average Bonchev–Trinajstić information content (AvgIpc) is 3.31. The normalized spacial score (nSPS) is 28.9. The number of hydrogen-bond acceptors (Lipinski definition) is 7. The zero-order valence-electron chi connectivity index (χ0n) is 24.8. The van der Waals surface area contributed by atoms with E-state index in [9.17, 15) is 22.8 Å². The van der Waals surface area contributed by atoms with Crippen LogP contribution in [0.5, 0.6) is 0 Å². The van der Waals surface area contributed by atoms with Gasteiger partial charge in [0, 0.05) is 45.1 Å². The second kappa shape index (κ2) is 12.0. The highest BCUT2D eigenvalue weighted by Crippen LogP contribution is 2.47. The Labute approximate surface area is 239 Å². The van der Waals surface area contributed by atoms with Gasteiger partial charge < -0.3 is 29.7 Å². The van der Waals surface area contributed by atoms with E-state index in [1.165, 1.54) is 0 Å². The Morgan fingerprint density at radius 1 is 1.22 bits per heavy atom. The van der Waals surface area contributed by atoms with Gasteiger partial charge in [-0.3, -0.25) is 9.78 Å². The van der Waals surface area contributed by atoms with Crippen LogP contribution in [0.25, 0.3) is 0 Å². The van der Waals surface area contributed by atoms with E-state index < -0.39 is 34.9 Å². The third kappa shape index (κ3) is 7.14. The van der Waals surface area contributed by atoms with Crippen molar-refractivity contribution in [3.63, 3.8) is 0 Å². The lowest BCUT2D eigenvalue weighted by Gasteiger charge is -2.42. The molecule has 3 heterocycles. The predicted molar refractivity (Wildman–Crippen MR) is 145 cm³/mol. The van der Waals surface area contributed by atoms with Crippen molar-refractivity contribution in [2.24, 2.45) is 11.3 Å². The molecule has 9 nitrogen and oxygen atoms in total. The lowest BCUT2D eigenvalue weighted by atomic mass is 9.73. The monoisotopic (exact) mass is 584 g/mol. The molecule has 1 aliphatic carbocycles. The number of pyridine rings is 1. The van der Waals surface area contributed by atoms with E-state index in [4.69, 9.17) is 14.2 Å². The van der Waals surface area contributed by atoms with Crippen molar-refractivity contribution in [1.82, 2.24) is 20.5 Å². The number of carbonyl (C=O) groups is 2. The number of alkyl carbamates (subject to hydrolysis) is 1. The minimum atomic E-state index is -4.59. The molecule has 41 heavy (non-hydrogen) atoms. The summed E-state index contributed by atoms with van der Waals surface area (Å²) in [4.78, 5) is 32.7. The first-order valence-corrected chi connectivity index (χ1v) is 14.3. The molecule has 2 amide bonds. The van der Waals surface area contributed by atoms with Crippen molar-refractivity contribution in [1.29, 1.82) is 0 Å². The molecule has 2 fully saturated rings. The van der Waals surface area contributed by atoms with Crippen molar-refractivity contribution in [3.05, 3.63) is 29.1 Å². The third-order valence-electron chi connectivity index (χ3n) is 8.54. The first-order valence-electron chi connectivity index (χ1n) is 14.3. The van der Waals surface area contributed by atoms with E-state index in [-0.39, 0.29) is 48.7 Å². The SMILES string of the molecule is CO[C@@H]1COCC[C@@H]1N[C@@H]1CC[C@@](C(=O)N2Cc3cc(C(F)(F)F)cnc3[C@H](NC(=O)OC(C)(C)C)C2)(C(C)C)C1. The van der Waals surface area contributed by atoms with Gasteiger partial charge in [-0.05, 0) is 64.0 Å². The Morgan fingerprint density at radius 3 is 2.59 bits per heavy atom. The first kappa shape index (κ1) is 31.5. The molecule has 3 aliphatic rings. The number of methoxy groups -OCH3 is 1. The van der Waals surface area contributed by atoms with E-state index in [1.54, 1.807) is 32.8 Å². The number of halogens is 3. The first-order chi connectivity index (χ1) is 19.1. The molecule has 2 aliphatic heterocycles. The summed E-state index contributed by atoms with van der Waals surface area (Å²) in [6.45, 7) is 10.4. The standard InChI is InChI=1S/C29H43F3N4O5/c1-17(2)28(9-7-20(12-28)34-21-8-10-40-16-23(21)39-6)25(37)36-14-18-11-19(29(30,31)32)13-33-24(18)22(15-36)35-26(38)41-27(3,4)5/h11,13,17,20-23,34H,7-10,12,14-16H2,1-6H3,(H,35,38)/t20-,21+,22-,23-,28+/m1/s1. The van der Waals surface area contributed by atoms with Crippen LogP contribution in [0, 0.1) is 11.3 Å². The average molecular weight is 585 g/mol. The Hall–Kier alpha value is -2.44. The number of nitrogens with one attached hydrogen (secondary N) is 2. The lowest BCUT2D eigenvalue weighted by molar-refractivity contribution is -0.146.